The van der Waals surface area contributed by atoms with Gasteiger partial charge in [-0.05, 0) is 48.6 Å². The van der Waals surface area contributed by atoms with Crippen LogP contribution in [0.1, 0.15) is 68.7 Å². The number of methoxy groups -OCH3 is 2. The molecule has 188 valence electrons. The Hall–Kier alpha value is -3.55. The van der Waals surface area contributed by atoms with E-state index >= 15 is 0 Å². The summed E-state index contributed by atoms with van der Waals surface area (Å²) in [5, 5.41) is 11.4. The highest BCUT2D eigenvalue weighted by molar-refractivity contribution is 6.04. The molecule has 0 saturated heterocycles. The first-order valence-corrected chi connectivity index (χ1v) is 11.9. The highest BCUT2D eigenvalue weighted by Crippen LogP contribution is 2.33. The number of ether oxygens (including phenoxy) is 3. The molecule has 1 aromatic heterocycles. The summed E-state index contributed by atoms with van der Waals surface area (Å²) < 4.78 is 18.4. The number of amides is 1. The van der Waals surface area contributed by atoms with Gasteiger partial charge in [-0.25, -0.2) is 4.68 Å². The second-order valence-electron chi connectivity index (χ2n) is 9.44. The van der Waals surface area contributed by atoms with Crippen molar-refractivity contribution >= 4 is 11.6 Å². The largest absolute Gasteiger partial charge is 0.497 e. The zero-order valence-electron chi connectivity index (χ0n) is 21.8. The average Bonchev–Trinajstić information content (AvgIpc) is 3.22. The van der Waals surface area contributed by atoms with Crippen molar-refractivity contribution in [2.45, 2.75) is 59.3 Å². The van der Waals surface area contributed by atoms with Crippen molar-refractivity contribution in [3.63, 3.8) is 0 Å². The molecular formula is C27H36N4O4. The quantitative estimate of drug-likeness (QED) is 0.374. The number of nitrogens with one attached hydrogen (secondary N) is 1. The highest BCUT2D eigenvalue weighted by atomic mass is 16.5. The molecule has 0 atom stereocenters. The van der Waals surface area contributed by atoms with Crippen molar-refractivity contribution in [2.24, 2.45) is 0 Å². The maximum atomic E-state index is 13.3. The smallest absolute Gasteiger partial charge is 0.278 e. The predicted octanol–water partition coefficient (Wildman–Crippen LogP) is 5.71. The van der Waals surface area contributed by atoms with Gasteiger partial charge in [-0.1, -0.05) is 51.8 Å². The van der Waals surface area contributed by atoms with Crippen LogP contribution >= 0.6 is 0 Å². The Morgan fingerprint density at radius 2 is 1.77 bits per heavy atom. The Kier molecular flexibility index (Phi) is 8.38. The summed E-state index contributed by atoms with van der Waals surface area (Å²) in [6, 6.07) is 11.3. The fraction of sp³-hybridized carbons (Fsp3) is 0.444. The molecule has 0 aliphatic heterocycles. The van der Waals surface area contributed by atoms with Crippen LogP contribution in [0.15, 0.2) is 36.4 Å². The summed E-state index contributed by atoms with van der Waals surface area (Å²) in [6.07, 6.45) is 3.17. The van der Waals surface area contributed by atoms with E-state index in [4.69, 9.17) is 14.2 Å². The van der Waals surface area contributed by atoms with Crippen molar-refractivity contribution in [2.75, 3.05) is 26.1 Å². The number of nitrogens with zero attached hydrogens (tertiary/aromatic N) is 3. The molecule has 1 N–H and O–H groups in total. The normalized spacial score (nSPS) is 11.3. The lowest BCUT2D eigenvalue weighted by atomic mass is 9.87. The maximum absolute atomic E-state index is 13.3. The first-order valence-electron chi connectivity index (χ1n) is 11.9. The van der Waals surface area contributed by atoms with Crippen LogP contribution in [0.4, 0.5) is 5.69 Å². The number of benzene rings is 2. The molecule has 1 amide bonds. The van der Waals surface area contributed by atoms with Crippen LogP contribution < -0.4 is 19.5 Å². The van der Waals surface area contributed by atoms with Crippen molar-refractivity contribution in [1.82, 2.24) is 15.0 Å². The number of carbonyl (C=O) groups excluding carboxylic acids is 1. The minimum atomic E-state index is -0.361. The Morgan fingerprint density at radius 1 is 1.03 bits per heavy atom. The molecule has 8 heteroatoms. The van der Waals surface area contributed by atoms with Crippen LogP contribution in [0.5, 0.6) is 17.2 Å². The molecule has 1 heterocycles. The highest BCUT2D eigenvalue weighted by Gasteiger charge is 2.22. The maximum Gasteiger partial charge on any atom is 0.278 e. The molecule has 0 spiro atoms. The van der Waals surface area contributed by atoms with Gasteiger partial charge in [0, 0.05) is 6.07 Å². The van der Waals surface area contributed by atoms with Crippen molar-refractivity contribution < 1.29 is 19.0 Å². The van der Waals surface area contributed by atoms with Crippen molar-refractivity contribution in [3.8, 4) is 22.9 Å². The number of carbonyl (C=O) groups is 1. The number of unbranched alkanes of at least 4 members (excludes halogenated alkanes) is 2. The fourth-order valence-corrected chi connectivity index (χ4v) is 3.67. The second kappa shape index (κ2) is 11.3. The molecule has 35 heavy (non-hydrogen) atoms. The van der Waals surface area contributed by atoms with Crippen LogP contribution in [0, 0.1) is 6.92 Å². The van der Waals surface area contributed by atoms with Gasteiger partial charge in [0.25, 0.3) is 5.91 Å². The van der Waals surface area contributed by atoms with Crippen molar-refractivity contribution in [1.29, 1.82) is 0 Å². The molecule has 3 rings (SSSR count). The van der Waals surface area contributed by atoms with E-state index in [0.717, 1.165) is 24.8 Å². The molecule has 0 fully saturated rings. The average molecular weight is 481 g/mol. The molecule has 0 radical (unpaired) electrons. The molecule has 8 nitrogen and oxygen atoms in total. The number of aromatic nitrogens is 3. The second-order valence-corrected chi connectivity index (χ2v) is 9.44. The summed E-state index contributed by atoms with van der Waals surface area (Å²) in [7, 11) is 3.17. The molecule has 0 unspecified atom stereocenters. The lowest BCUT2D eigenvalue weighted by Crippen LogP contribution is -2.17. The van der Waals surface area contributed by atoms with Gasteiger partial charge in [0.2, 0.25) is 0 Å². The molecule has 3 aromatic rings. The Balaban J connectivity index is 1.92. The summed E-state index contributed by atoms with van der Waals surface area (Å²) in [6.45, 7) is 10.9. The predicted molar refractivity (Wildman–Crippen MR) is 137 cm³/mol. The van der Waals surface area contributed by atoms with E-state index in [2.05, 4.69) is 43.3 Å². The Morgan fingerprint density at radius 3 is 2.43 bits per heavy atom. The topological polar surface area (TPSA) is 87.5 Å². The van der Waals surface area contributed by atoms with Gasteiger partial charge < -0.3 is 19.5 Å². The third-order valence-electron chi connectivity index (χ3n) is 5.82. The summed E-state index contributed by atoms with van der Waals surface area (Å²) in [5.74, 6) is 1.51. The van der Waals surface area contributed by atoms with E-state index in [0.29, 0.717) is 40.9 Å². The molecule has 0 aliphatic rings. The van der Waals surface area contributed by atoms with E-state index in [1.807, 2.05) is 18.2 Å². The van der Waals surface area contributed by atoms with Gasteiger partial charge in [0.05, 0.1) is 32.2 Å². The summed E-state index contributed by atoms with van der Waals surface area (Å²) in [5.41, 5.74) is 3.05. The molecule has 0 aliphatic carbocycles. The van der Waals surface area contributed by atoms with E-state index in [1.54, 1.807) is 44.0 Å². The van der Waals surface area contributed by atoms with Crippen LogP contribution in [-0.2, 0) is 5.41 Å². The zero-order valence-corrected chi connectivity index (χ0v) is 21.8. The van der Waals surface area contributed by atoms with Gasteiger partial charge >= 0.3 is 0 Å². The van der Waals surface area contributed by atoms with Crippen LogP contribution in [0.3, 0.4) is 0 Å². The lowest BCUT2D eigenvalue weighted by molar-refractivity contribution is 0.102. The van der Waals surface area contributed by atoms with Gasteiger partial charge in [-0.3, -0.25) is 4.79 Å². The number of anilines is 1. The van der Waals surface area contributed by atoms with E-state index in [-0.39, 0.29) is 17.0 Å². The van der Waals surface area contributed by atoms with E-state index in [9.17, 15) is 4.79 Å². The number of rotatable bonds is 10. The molecular weight excluding hydrogens is 444 g/mol. The monoisotopic (exact) mass is 480 g/mol. The van der Waals surface area contributed by atoms with Gasteiger partial charge in [-0.2, -0.15) is 0 Å². The third kappa shape index (κ3) is 6.12. The van der Waals surface area contributed by atoms with Crippen LogP contribution in [0.25, 0.3) is 5.69 Å². The van der Waals surface area contributed by atoms with E-state index < -0.39 is 0 Å². The van der Waals surface area contributed by atoms with Gasteiger partial charge in [-0.15, -0.1) is 5.10 Å². The van der Waals surface area contributed by atoms with E-state index in [1.165, 1.54) is 0 Å². The summed E-state index contributed by atoms with van der Waals surface area (Å²) >= 11 is 0. The van der Waals surface area contributed by atoms with Crippen molar-refractivity contribution in [3.05, 3.63) is 53.3 Å². The standard InChI is InChI=1S/C27H36N4O4/c1-8-9-10-15-35-23-13-11-19(27(3,4)5)16-21(23)28-26(32)25-18(2)31(30-29-25)22-17-20(33-6)12-14-24(22)34-7/h11-14,16-17H,8-10,15H2,1-7H3,(H,28,32). The Labute approximate surface area is 207 Å². The minimum Gasteiger partial charge on any atom is -0.497 e. The Bertz CT molecular complexity index is 1160. The van der Waals surface area contributed by atoms with Gasteiger partial charge in [0.15, 0.2) is 5.69 Å². The zero-order chi connectivity index (χ0) is 25.6. The summed E-state index contributed by atoms with van der Waals surface area (Å²) in [4.78, 5) is 13.3. The van der Waals surface area contributed by atoms with Crippen LogP contribution in [-0.4, -0.2) is 41.7 Å². The molecule has 0 bridgehead atoms. The number of hydrogen-bond donors (Lipinski definition) is 1. The lowest BCUT2D eigenvalue weighted by Gasteiger charge is -2.21. The first kappa shape index (κ1) is 26.1. The molecule has 0 saturated carbocycles. The third-order valence-corrected chi connectivity index (χ3v) is 5.82. The number of hydrogen-bond acceptors (Lipinski definition) is 6. The van der Waals surface area contributed by atoms with Gasteiger partial charge in [0.1, 0.15) is 22.9 Å². The fourth-order valence-electron chi connectivity index (χ4n) is 3.67. The van der Waals surface area contributed by atoms with Crippen LogP contribution in [0.2, 0.25) is 0 Å². The minimum absolute atomic E-state index is 0.0812. The molecule has 2 aromatic carbocycles. The SMILES string of the molecule is CCCCCOc1ccc(C(C)(C)C)cc1NC(=O)c1nnn(-c2cc(OC)ccc2OC)c1C. The first-order chi connectivity index (χ1) is 16.7.